The zero-order valence-corrected chi connectivity index (χ0v) is 17.6. The van der Waals surface area contributed by atoms with E-state index in [2.05, 4.69) is 10.3 Å². The van der Waals surface area contributed by atoms with Gasteiger partial charge in [-0.2, -0.15) is 13.2 Å². The van der Waals surface area contributed by atoms with Crippen LogP contribution in [0.4, 0.5) is 17.6 Å². The van der Waals surface area contributed by atoms with E-state index in [4.69, 9.17) is 12.2 Å². The molecule has 4 aromatic rings. The molecule has 5 nitrogen and oxygen atoms in total. The maximum Gasteiger partial charge on any atom is 0.416 e. The van der Waals surface area contributed by atoms with Crippen molar-refractivity contribution >= 4 is 29.0 Å². The van der Waals surface area contributed by atoms with Crippen LogP contribution in [0.15, 0.2) is 71.5 Å². The topological polar surface area (TPSA) is 66.9 Å². The summed E-state index contributed by atoms with van der Waals surface area (Å²) in [6, 6.07) is 14.2. The summed E-state index contributed by atoms with van der Waals surface area (Å²) in [7, 11) is 0. The quantitative estimate of drug-likeness (QED) is 0.319. The maximum absolute atomic E-state index is 13.1. The van der Waals surface area contributed by atoms with E-state index in [0.717, 1.165) is 16.7 Å². The number of alkyl halides is 3. The molecule has 0 atom stereocenters. The Morgan fingerprint density at radius 1 is 1.03 bits per heavy atom. The fourth-order valence-electron chi connectivity index (χ4n) is 3.30. The number of H-pyrrole nitrogens is 1. The molecule has 0 aliphatic heterocycles. The summed E-state index contributed by atoms with van der Waals surface area (Å²) < 4.78 is 53.1. The van der Waals surface area contributed by atoms with E-state index < -0.39 is 23.2 Å². The number of benzene rings is 3. The van der Waals surface area contributed by atoms with Crippen LogP contribution in [0.2, 0.25) is 0 Å². The first-order valence-corrected chi connectivity index (χ1v) is 10.0. The first-order chi connectivity index (χ1) is 15.6. The van der Waals surface area contributed by atoms with E-state index in [0.29, 0.717) is 5.56 Å². The fraction of sp³-hybridized carbons (Fsp3) is 0.0870. The summed E-state index contributed by atoms with van der Waals surface area (Å²) in [5.74, 6) is -0.812. The first kappa shape index (κ1) is 22.4. The molecule has 0 fully saturated rings. The van der Waals surface area contributed by atoms with E-state index >= 15 is 0 Å². The van der Waals surface area contributed by atoms with Gasteiger partial charge in [0.05, 0.1) is 22.2 Å². The number of hydrogen-bond acceptors (Lipinski definition) is 3. The Bertz CT molecular complexity index is 1470. The highest BCUT2D eigenvalue weighted by atomic mass is 32.1. The fourth-order valence-corrected chi connectivity index (χ4v) is 3.60. The van der Waals surface area contributed by atoms with Gasteiger partial charge in [-0.25, -0.2) is 4.39 Å². The molecule has 2 N–H and O–H groups in total. The normalized spacial score (nSPS) is 11.5. The van der Waals surface area contributed by atoms with Crippen LogP contribution in [0.25, 0.3) is 16.6 Å². The number of amides is 1. The number of carbonyl (C=O) groups is 1. The zero-order valence-electron chi connectivity index (χ0n) is 16.7. The molecular formula is C23H15F4N3O2S. The number of hydrogen-bond donors (Lipinski definition) is 2. The van der Waals surface area contributed by atoms with Crippen molar-refractivity contribution in [3.05, 3.63) is 104 Å². The SMILES string of the molecule is O=C(NCc1ccc(F)cc1)c1ccc2c(=O)n(-c3cccc(C(F)(F)F)c3)c(=S)[nH]c2c1. The molecule has 0 radical (unpaired) electrons. The van der Waals surface area contributed by atoms with Gasteiger partial charge in [-0.3, -0.25) is 14.2 Å². The summed E-state index contributed by atoms with van der Waals surface area (Å²) >= 11 is 5.22. The lowest BCUT2D eigenvalue weighted by Crippen LogP contribution is -2.24. The van der Waals surface area contributed by atoms with Crippen molar-refractivity contribution in [1.82, 2.24) is 14.9 Å². The number of aromatic amines is 1. The van der Waals surface area contributed by atoms with E-state index in [1.165, 1.54) is 42.5 Å². The van der Waals surface area contributed by atoms with Crippen LogP contribution in [-0.2, 0) is 12.7 Å². The van der Waals surface area contributed by atoms with Crippen molar-refractivity contribution in [2.24, 2.45) is 0 Å². The monoisotopic (exact) mass is 473 g/mol. The first-order valence-electron chi connectivity index (χ1n) is 9.63. The molecular weight excluding hydrogens is 458 g/mol. The molecule has 0 spiro atoms. The largest absolute Gasteiger partial charge is 0.416 e. The van der Waals surface area contributed by atoms with Crippen LogP contribution in [0.3, 0.4) is 0 Å². The van der Waals surface area contributed by atoms with Gasteiger partial charge in [0, 0.05) is 12.1 Å². The Hall–Kier alpha value is -3.79. The predicted molar refractivity (Wildman–Crippen MR) is 117 cm³/mol. The number of rotatable bonds is 4. The van der Waals surface area contributed by atoms with Crippen LogP contribution < -0.4 is 10.9 Å². The number of nitrogens with one attached hydrogen (secondary N) is 2. The lowest BCUT2D eigenvalue weighted by atomic mass is 10.1. The van der Waals surface area contributed by atoms with Gasteiger partial charge in [0.1, 0.15) is 5.82 Å². The standard InChI is InChI=1S/C23H15F4N3O2S/c24-16-7-4-13(5-8-16)12-28-20(31)14-6-9-18-19(10-14)29-22(33)30(21(18)32)17-3-1-2-15(11-17)23(25,26)27/h1-11H,12H2,(H,28,31)(H,29,33). The predicted octanol–water partition coefficient (Wildman–Crippen LogP) is 5.14. The molecule has 0 unspecified atom stereocenters. The van der Waals surface area contributed by atoms with Gasteiger partial charge in [0.25, 0.3) is 11.5 Å². The minimum atomic E-state index is -4.57. The Morgan fingerprint density at radius 2 is 1.76 bits per heavy atom. The molecule has 0 saturated carbocycles. The van der Waals surface area contributed by atoms with Gasteiger partial charge in [-0.1, -0.05) is 18.2 Å². The molecule has 1 amide bonds. The van der Waals surface area contributed by atoms with Gasteiger partial charge in [-0.05, 0) is 66.3 Å². The third-order valence-electron chi connectivity index (χ3n) is 4.96. The summed E-state index contributed by atoms with van der Waals surface area (Å²) in [6.07, 6.45) is -4.57. The number of fused-ring (bicyclic) bond motifs is 1. The number of nitrogens with zero attached hydrogens (tertiary/aromatic N) is 1. The molecule has 3 aromatic carbocycles. The Kier molecular flexibility index (Phi) is 5.86. The Morgan fingerprint density at radius 3 is 2.45 bits per heavy atom. The average molecular weight is 473 g/mol. The highest BCUT2D eigenvalue weighted by Crippen LogP contribution is 2.30. The lowest BCUT2D eigenvalue weighted by Gasteiger charge is -2.12. The second kappa shape index (κ2) is 8.62. The summed E-state index contributed by atoms with van der Waals surface area (Å²) in [6.45, 7) is 0.171. The molecule has 1 aromatic heterocycles. The van der Waals surface area contributed by atoms with Gasteiger partial charge in [0.15, 0.2) is 4.77 Å². The van der Waals surface area contributed by atoms with E-state index in [1.54, 1.807) is 12.1 Å². The molecule has 168 valence electrons. The van der Waals surface area contributed by atoms with Crippen LogP contribution >= 0.6 is 12.2 Å². The van der Waals surface area contributed by atoms with Crippen molar-refractivity contribution in [2.45, 2.75) is 12.7 Å². The van der Waals surface area contributed by atoms with Gasteiger partial charge < -0.3 is 10.3 Å². The molecule has 0 bridgehead atoms. The molecule has 10 heteroatoms. The molecule has 0 saturated heterocycles. The minimum Gasteiger partial charge on any atom is -0.348 e. The summed E-state index contributed by atoms with van der Waals surface area (Å²) in [4.78, 5) is 28.3. The van der Waals surface area contributed by atoms with E-state index in [1.807, 2.05) is 0 Å². The van der Waals surface area contributed by atoms with Crippen LogP contribution in [-0.4, -0.2) is 15.5 Å². The highest BCUT2D eigenvalue weighted by Gasteiger charge is 2.30. The van der Waals surface area contributed by atoms with Gasteiger partial charge in [0.2, 0.25) is 0 Å². The van der Waals surface area contributed by atoms with Gasteiger partial charge in [-0.15, -0.1) is 0 Å². The van der Waals surface area contributed by atoms with Gasteiger partial charge >= 0.3 is 6.18 Å². The number of carbonyl (C=O) groups excluding carboxylic acids is 1. The third-order valence-corrected chi connectivity index (χ3v) is 5.24. The Labute approximate surface area is 189 Å². The average Bonchev–Trinajstić information content (AvgIpc) is 2.78. The molecule has 33 heavy (non-hydrogen) atoms. The molecule has 0 aliphatic carbocycles. The third kappa shape index (κ3) is 4.70. The number of aromatic nitrogens is 2. The van der Waals surface area contributed by atoms with Crippen LogP contribution in [0, 0.1) is 10.6 Å². The Balaban J connectivity index is 1.66. The van der Waals surface area contributed by atoms with Crippen molar-refractivity contribution in [3.8, 4) is 5.69 Å². The molecule has 0 aliphatic rings. The second-order valence-electron chi connectivity index (χ2n) is 7.19. The number of halogens is 4. The van der Waals surface area contributed by atoms with Crippen molar-refractivity contribution in [3.63, 3.8) is 0 Å². The highest BCUT2D eigenvalue weighted by molar-refractivity contribution is 7.71. The minimum absolute atomic E-state index is 0.0286. The van der Waals surface area contributed by atoms with Crippen molar-refractivity contribution in [1.29, 1.82) is 0 Å². The van der Waals surface area contributed by atoms with E-state index in [-0.39, 0.29) is 39.3 Å². The maximum atomic E-state index is 13.1. The van der Waals surface area contributed by atoms with Crippen LogP contribution in [0.1, 0.15) is 21.5 Å². The summed E-state index contributed by atoms with van der Waals surface area (Å²) in [5.41, 5.74) is -0.344. The van der Waals surface area contributed by atoms with Crippen LogP contribution in [0.5, 0.6) is 0 Å². The zero-order chi connectivity index (χ0) is 23.8. The van der Waals surface area contributed by atoms with Crippen molar-refractivity contribution in [2.75, 3.05) is 0 Å². The molecule has 1 heterocycles. The van der Waals surface area contributed by atoms with Crippen molar-refractivity contribution < 1.29 is 22.4 Å². The second-order valence-corrected chi connectivity index (χ2v) is 7.58. The smallest absolute Gasteiger partial charge is 0.348 e. The molecule has 4 rings (SSSR count). The lowest BCUT2D eigenvalue weighted by molar-refractivity contribution is -0.137. The van der Waals surface area contributed by atoms with E-state index in [9.17, 15) is 27.2 Å². The summed E-state index contributed by atoms with van der Waals surface area (Å²) in [5, 5.41) is 2.84.